The van der Waals surface area contributed by atoms with Gasteiger partial charge in [0.2, 0.25) is 29.1 Å². The van der Waals surface area contributed by atoms with Crippen LogP contribution in [-0.2, 0) is 19.3 Å². The van der Waals surface area contributed by atoms with E-state index >= 15 is 0 Å². The second-order valence-electron chi connectivity index (χ2n) is 11.8. The van der Waals surface area contributed by atoms with Gasteiger partial charge in [-0.2, -0.15) is 13.8 Å². The summed E-state index contributed by atoms with van der Waals surface area (Å²) in [6.07, 6.45) is -0.455. The molecule has 0 spiro atoms. The molecule has 1 atom stereocenters. The average molecular weight is 724 g/mol. The molecule has 0 bridgehead atoms. The molecule has 5 rings (SSSR count). The second kappa shape index (κ2) is 19.6. The number of rotatable bonds is 8. The van der Waals surface area contributed by atoms with Crippen LogP contribution >= 0.6 is 0 Å². The molecule has 0 aromatic heterocycles. The van der Waals surface area contributed by atoms with Crippen molar-refractivity contribution in [1.82, 2.24) is 15.4 Å². The molecule has 1 N–H and O–H groups in total. The van der Waals surface area contributed by atoms with E-state index in [-0.39, 0.29) is 48.7 Å². The Labute approximate surface area is 293 Å². The Hall–Kier alpha value is -4.73. The quantitative estimate of drug-likeness (QED) is 0.112. The fraction of sp³-hybridized carbons (Fsp3) is 0.389. The Morgan fingerprint density at radius 1 is 0.569 bits per heavy atom. The van der Waals surface area contributed by atoms with Crippen molar-refractivity contribution in [2.45, 2.75) is 85.7 Å². The molecular weight excluding hydrogens is 681 g/mol. The minimum Gasteiger partial charge on any atom is -0.485 e. The highest BCUT2D eigenvalue weighted by Gasteiger charge is 2.37. The number of carbonyl (C=O) groups excluding carboxylic acids is 4. The molecule has 1 fully saturated rings. The van der Waals surface area contributed by atoms with E-state index in [1.54, 1.807) is 52.0 Å². The highest BCUT2D eigenvalue weighted by molar-refractivity contribution is 6.20. The summed E-state index contributed by atoms with van der Waals surface area (Å²) in [6, 6.07) is 17.6. The topological polar surface area (TPSA) is 114 Å². The number of fused-ring (bicyclic) bond motifs is 1. The zero-order chi connectivity index (χ0) is 38.6. The van der Waals surface area contributed by atoms with E-state index in [2.05, 4.69) is 41.2 Å². The molecule has 10 nitrogen and oxygen atoms in total. The summed E-state index contributed by atoms with van der Waals surface area (Å²) in [5, 5.41) is 4.88. The lowest BCUT2D eigenvalue weighted by atomic mass is 10.1. The molecule has 51 heavy (non-hydrogen) atoms. The number of hydrogen-bond donors (Lipinski definition) is 1. The molecule has 3 aromatic rings. The summed E-state index contributed by atoms with van der Waals surface area (Å²) in [5.74, 6) is -12.6. The summed E-state index contributed by atoms with van der Waals surface area (Å²) in [7, 11) is 1.97. The minimum absolute atomic E-state index is 0.124. The molecule has 3 aromatic carbocycles. The summed E-state index contributed by atoms with van der Waals surface area (Å²) in [5.41, 5.74) is 2.15. The summed E-state index contributed by atoms with van der Waals surface area (Å²) in [4.78, 5) is 55.4. The van der Waals surface area contributed by atoms with Gasteiger partial charge in [-0.3, -0.25) is 28.9 Å². The number of halogens is 5. The Kier molecular flexibility index (Phi) is 16.3. The third kappa shape index (κ3) is 11.7. The van der Waals surface area contributed by atoms with Gasteiger partial charge in [-0.25, -0.2) is 13.2 Å². The summed E-state index contributed by atoms with van der Waals surface area (Å²) >= 11 is 0. The number of benzene rings is 3. The van der Waals surface area contributed by atoms with E-state index < -0.39 is 40.9 Å². The lowest BCUT2D eigenvalue weighted by Gasteiger charge is -2.15. The molecule has 0 unspecified atom stereocenters. The van der Waals surface area contributed by atoms with Gasteiger partial charge in [-0.1, -0.05) is 42.5 Å². The standard InChI is InChI=1S/C11H11NO3.C9H7F5O.C9H13N.C7H11NO3/c1-7(2)15-12-10(13)8-5-3-4-6-9(8)11(12)14;1-3(2)15-9-7(13)5(11)4(10)6(12)8(9)14;1-8(10-2)9-6-4-3-5-7-9;1-5(2)11-8-6(9)3-4-7(8)10/h3-7H,1-2H3;3H,1-2H3;3-8,10H,1-2H3;5H,3-4H2,1-2H3/t;;8-;/m..0./s1. The van der Waals surface area contributed by atoms with E-state index in [9.17, 15) is 41.1 Å². The molecule has 278 valence electrons. The lowest BCUT2D eigenvalue weighted by molar-refractivity contribution is -0.198. The van der Waals surface area contributed by atoms with Gasteiger partial charge < -0.3 is 10.1 Å². The van der Waals surface area contributed by atoms with Gasteiger partial charge in [0, 0.05) is 18.9 Å². The van der Waals surface area contributed by atoms with Crippen LogP contribution < -0.4 is 10.1 Å². The Morgan fingerprint density at radius 2 is 0.961 bits per heavy atom. The number of nitrogens with zero attached hydrogens (tertiary/aromatic N) is 2. The summed E-state index contributed by atoms with van der Waals surface area (Å²) in [6.45, 7) is 12.0. The fourth-order valence-corrected chi connectivity index (χ4v) is 4.19. The van der Waals surface area contributed by atoms with Crippen LogP contribution in [0.25, 0.3) is 0 Å². The highest BCUT2D eigenvalue weighted by atomic mass is 19.2. The Balaban J connectivity index is 0.000000239. The molecule has 0 aliphatic carbocycles. The van der Waals surface area contributed by atoms with Gasteiger partial charge >= 0.3 is 0 Å². The van der Waals surface area contributed by atoms with Crippen LogP contribution in [0.1, 0.15) is 93.6 Å². The summed E-state index contributed by atoms with van der Waals surface area (Å²) < 4.78 is 68.1. The number of amides is 4. The predicted molar refractivity (Wildman–Crippen MR) is 176 cm³/mol. The smallest absolute Gasteiger partial charge is 0.285 e. The predicted octanol–water partition coefficient (Wildman–Crippen LogP) is 7.23. The van der Waals surface area contributed by atoms with E-state index in [1.165, 1.54) is 19.4 Å². The molecule has 0 saturated carbocycles. The lowest BCUT2D eigenvalue weighted by Crippen LogP contribution is -2.32. The minimum atomic E-state index is -2.19. The van der Waals surface area contributed by atoms with Gasteiger partial charge in [-0.15, -0.1) is 5.06 Å². The van der Waals surface area contributed by atoms with Crippen LogP contribution in [-0.4, -0.2) is 59.1 Å². The number of hydroxylamine groups is 4. The van der Waals surface area contributed by atoms with E-state index in [0.717, 1.165) is 10.1 Å². The average Bonchev–Trinajstić information content (AvgIpc) is 3.54. The first-order chi connectivity index (χ1) is 23.9. The number of hydrogen-bond acceptors (Lipinski definition) is 8. The number of carbonyl (C=O) groups is 4. The first-order valence-corrected chi connectivity index (χ1v) is 16.0. The maximum Gasteiger partial charge on any atom is 0.285 e. The number of ether oxygens (including phenoxy) is 1. The van der Waals surface area contributed by atoms with Crippen LogP contribution in [0.2, 0.25) is 0 Å². The largest absolute Gasteiger partial charge is 0.485 e. The van der Waals surface area contributed by atoms with Gasteiger partial charge in [0.1, 0.15) is 0 Å². The molecule has 15 heteroatoms. The first-order valence-electron chi connectivity index (χ1n) is 16.0. The Morgan fingerprint density at radius 3 is 1.35 bits per heavy atom. The first kappa shape index (κ1) is 42.4. The zero-order valence-corrected chi connectivity index (χ0v) is 29.6. The molecule has 2 heterocycles. The van der Waals surface area contributed by atoms with Crippen molar-refractivity contribution >= 4 is 23.6 Å². The normalized spacial score (nSPS) is 14.2. The van der Waals surface area contributed by atoms with Crippen LogP contribution in [0, 0.1) is 29.1 Å². The number of imide groups is 2. The van der Waals surface area contributed by atoms with E-state index in [1.807, 2.05) is 13.1 Å². The fourth-order valence-electron chi connectivity index (χ4n) is 4.19. The van der Waals surface area contributed by atoms with Crippen LogP contribution in [0.5, 0.6) is 5.75 Å². The maximum atomic E-state index is 12.9. The van der Waals surface area contributed by atoms with Crippen LogP contribution in [0.4, 0.5) is 22.0 Å². The van der Waals surface area contributed by atoms with Crippen molar-refractivity contribution in [3.05, 3.63) is 100 Å². The SMILES string of the molecule is CC(C)ON1C(=O)CCC1=O.CC(C)ON1C(=O)c2ccccc2C1=O.CC(C)Oc1c(F)c(F)c(F)c(F)c1F.CN[C@@H](C)c1ccccc1. The molecular formula is C36H42F5N3O7. The molecule has 4 amide bonds. The third-order valence-electron chi connectivity index (χ3n) is 6.65. The second-order valence-corrected chi connectivity index (χ2v) is 11.8. The molecule has 0 radical (unpaired) electrons. The zero-order valence-electron chi connectivity index (χ0n) is 29.6. The highest BCUT2D eigenvalue weighted by Crippen LogP contribution is 2.29. The molecule has 2 aliphatic rings. The van der Waals surface area contributed by atoms with E-state index in [4.69, 9.17) is 9.68 Å². The Bertz CT molecular complexity index is 1590. The van der Waals surface area contributed by atoms with Gasteiger partial charge in [-0.05, 0) is 73.2 Å². The number of nitrogens with one attached hydrogen (secondary N) is 1. The van der Waals surface area contributed by atoms with Gasteiger partial charge in [0.15, 0.2) is 5.75 Å². The van der Waals surface area contributed by atoms with Crippen LogP contribution in [0.3, 0.4) is 0 Å². The maximum absolute atomic E-state index is 12.9. The van der Waals surface area contributed by atoms with Gasteiger partial charge in [0.25, 0.3) is 23.6 Å². The van der Waals surface area contributed by atoms with Gasteiger partial charge in [0.05, 0.1) is 29.4 Å². The monoisotopic (exact) mass is 723 g/mol. The van der Waals surface area contributed by atoms with Crippen molar-refractivity contribution in [1.29, 1.82) is 0 Å². The molecule has 2 aliphatic heterocycles. The third-order valence-corrected chi connectivity index (χ3v) is 6.65. The molecule has 1 saturated heterocycles. The van der Waals surface area contributed by atoms with Crippen molar-refractivity contribution in [3.8, 4) is 5.75 Å². The van der Waals surface area contributed by atoms with E-state index in [0.29, 0.717) is 17.2 Å². The van der Waals surface area contributed by atoms with Crippen molar-refractivity contribution in [2.75, 3.05) is 7.05 Å². The van der Waals surface area contributed by atoms with Crippen molar-refractivity contribution in [2.24, 2.45) is 0 Å². The van der Waals surface area contributed by atoms with Crippen molar-refractivity contribution in [3.63, 3.8) is 0 Å². The van der Waals surface area contributed by atoms with Crippen molar-refractivity contribution < 1.29 is 55.5 Å². The van der Waals surface area contributed by atoms with Crippen LogP contribution in [0.15, 0.2) is 54.6 Å².